The maximum absolute atomic E-state index is 13.4. The molecule has 5 rings (SSSR count). The highest BCUT2D eigenvalue weighted by Crippen LogP contribution is 2.32. The standard InChI is InChI=1S/C28H22ClFN4O4/c1-36-24-8-6-18(13-25(24)37-2)28(35)34-11-10-22-26(34)27(32-16-31-22)33-20-7-9-23(21(29)14-20)38-15-17-4-3-5-19(30)12-17/h3-14,16H,15H2,1-2H3,(H,31,32,33). The van der Waals surface area contributed by atoms with E-state index in [9.17, 15) is 9.18 Å². The number of carbonyl (C=O) groups excluding carboxylic acids is 1. The number of fused-ring (bicyclic) bond motifs is 1. The Bertz CT molecular complexity index is 1640. The van der Waals surface area contributed by atoms with Crippen molar-refractivity contribution in [3.63, 3.8) is 0 Å². The first-order chi connectivity index (χ1) is 18.5. The third-order valence-corrected chi connectivity index (χ3v) is 6.10. The van der Waals surface area contributed by atoms with Crippen LogP contribution in [0, 0.1) is 5.82 Å². The Labute approximate surface area is 222 Å². The third kappa shape index (κ3) is 5.09. The van der Waals surface area contributed by atoms with Crippen LogP contribution in [0.1, 0.15) is 15.9 Å². The molecule has 1 N–H and O–H groups in total. The summed E-state index contributed by atoms with van der Waals surface area (Å²) < 4.78 is 31.3. The second kappa shape index (κ2) is 10.8. The van der Waals surface area contributed by atoms with Crippen LogP contribution in [0.4, 0.5) is 15.9 Å². The van der Waals surface area contributed by atoms with E-state index in [4.69, 9.17) is 25.8 Å². The van der Waals surface area contributed by atoms with Crippen LogP contribution in [0.5, 0.6) is 17.2 Å². The number of nitrogens with zero attached hydrogens (tertiary/aromatic N) is 3. The number of halogens is 2. The van der Waals surface area contributed by atoms with E-state index >= 15 is 0 Å². The molecule has 0 amide bonds. The summed E-state index contributed by atoms with van der Waals surface area (Å²) in [5.41, 5.74) is 2.79. The fourth-order valence-corrected chi connectivity index (χ4v) is 4.20. The molecule has 0 fully saturated rings. The summed E-state index contributed by atoms with van der Waals surface area (Å²) in [4.78, 5) is 22.1. The summed E-state index contributed by atoms with van der Waals surface area (Å²) >= 11 is 6.45. The molecule has 0 aliphatic heterocycles. The van der Waals surface area contributed by atoms with Gasteiger partial charge in [-0.3, -0.25) is 9.36 Å². The highest BCUT2D eigenvalue weighted by Gasteiger charge is 2.18. The van der Waals surface area contributed by atoms with Gasteiger partial charge in [0.25, 0.3) is 5.91 Å². The van der Waals surface area contributed by atoms with Gasteiger partial charge in [-0.25, -0.2) is 14.4 Å². The first kappa shape index (κ1) is 25.0. The van der Waals surface area contributed by atoms with Gasteiger partial charge in [-0.15, -0.1) is 0 Å². The van der Waals surface area contributed by atoms with Gasteiger partial charge >= 0.3 is 0 Å². The smallest absolute Gasteiger partial charge is 0.262 e. The fourth-order valence-electron chi connectivity index (χ4n) is 3.96. The summed E-state index contributed by atoms with van der Waals surface area (Å²) in [6.45, 7) is 0.169. The molecule has 5 aromatic rings. The van der Waals surface area contributed by atoms with Crippen molar-refractivity contribution in [2.75, 3.05) is 19.5 Å². The minimum Gasteiger partial charge on any atom is -0.493 e. The maximum atomic E-state index is 13.4. The number of methoxy groups -OCH3 is 2. The average Bonchev–Trinajstić information content (AvgIpc) is 3.37. The quantitative estimate of drug-likeness (QED) is 0.252. The van der Waals surface area contributed by atoms with E-state index in [0.29, 0.717) is 55.9 Å². The molecule has 2 heterocycles. The molecule has 10 heteroatoms. The Kier molecular flexibility index (Phi) is 7.10. The largest absolute Gasteiger partial charge is 0.493 e. The van der Waals surface area contributed by atoms with Crippen molar-refractivity contribution < 1.29 is 23.4 Å². The third-order valence-electron chi connectivity index (χ3n) is 5.80. The van der Waals surface area contributed by atoms with Crippen LogP contribution in [-0.4, -0.2) is 34.7 Å². The molecule has 8 nitrogen and oxygen atoms in total. The van der Waals surface area contributed by atoms with E-state index in [1.54, 1.807) is 60.8 Å². The number of rotatable bonds is 8. The van der Waals surface area contributed by atoms with Crippen molar-refractivity contribution in [1.29, 1.82) is 0 Å². The van der Waals surface area contributed by atoms with Crippen molar-refractivity contribution in [2.45, 2.75) is 6.61 Å². The molecular weight excluding hydrogens is 511 g/mol. The lowest BCUT2D eigenvalue weighted by atomic mass is 10.2. The predicted octanol–water partition coefficient (Wildman–Crippen LogP) is 6.25. The van der Waals surface area contributed by atoms with Crippen molar-refractivity contribution in [3.8, 4) is 17.2 Å². The molecule has 192 valence electrons. The number of hydrogen-bond donors (Lipinski definition) is 1. The van der Waals surface area contributed by atoms with E-state index in [-0.39, 0.29) is 18.3 Å². The van der Waals surface area contributed by atoms with E-state index in [2.05, 4.69) is 15.3 Å². The van der Waals surface area contributed by atoms with Crippen LogP contribution in [0.3, 0.4) is 0 Å². The maximum Gasteiger partial charge on any atom is 0.262 e. The minimum atomic E-state index is -0.331. The predicted molar refractivity (Wildman–Crippen MR) is 142 cm³/mol. The van der Waals surface area contributed by atoms with Crippen molar-refractivity contribution in [1.82, 2.24) is 14.5 Å². The second-order valence-electron chi connectivity index (χ2n) is 8.21. The topological polar surface area (TPSA) is 87.5 Å². The lowest BCUT2D eigenvalue weighted by Crippen LogP contribution is -2.12. The van der Waals surface area contributed by atoms with Gasteiger partial charge in [0, 0.05) is 17.4 Å². The first-order valence-corrected chi connectivity index (χ1v) is 11.9. The number of nitrogens with one attached hydrogen (secondary N) is 1. The highest BCUT2D eigenvalue weighted by molar-refractivity contribution is 6.32. The zero-order valence-corrected chi connectivity index (χ0v) is 21.2. The fraction of sp³-hybridized carbons (Fsp3) is 0.107. The van der Waals surface area contributed by atoms with Crippen LogP contribution in [-0.2, 0) is 6.61 Å². The number of hydrogen-bond acceptors (Lipinski definition) is 7. The minimum absolute atomic E-state index is 0.169. The summed E-state index contributed by atoms with van der Waals surface area (Å²) in [6.07, 6.45) is 3.05. The summed E-state index contributed by atoms with van der Waals surface area (Å²) in [5, 5.41) is 3.57. The van der Waals surface area contributed by atoms with Gasteiger partial charge in [-0.1, -0.05) is 23.7 Å². The molecule has 0 aliphatic carbocycles. The zero-order valence-electron chi connectivity index (χ0n) is 20.4. The molecule has 0 spiro atoms. The number of aromatic nitrogens is 3. The molecule has 0 bridgehead atoms. The number of ether oxygens (including phenoxy) is 3. The normalized spacial score (nSPS) is 10.8. The molecule has 2 aromatic heterocycles. The molecule has 0 saturated heterocycles. The number of carbonyl (C=O) groups is 1. The summed E-state index contributed by atoms with van der Waals surface area (Å²) in [6, 6.07) is 18.0. The Morgan fingerprint density at radius 2 is 1.79 bits per heavy atom. The van der Waals surface area contributed by atoms with Gasteiger partial charge in [0.2, 0.25) is 0 Å². The van der Waals surface area contributed by atoms with E-state index in [1.807, 2.05) is 0 Å². The number of benzene rings is 3. The van der Waals surface area contributed by atoms with Crippen LogP contribution in [0.25, 0.3) is 11.0 Å². The van der Waals surface area contributed by atoms with E-state index in [1.165, 1.54) is 37.2 Å². The first-order valence-electron chi connectivity index (χ1n) is 11.5. The van der Waals surface area contributed by atoms with Gasteiger partial charge in [-0.05, 0) is 60.2 Å². The van der Waals surface area contributed by atoms with Gasteiger partial charge in [0.1, 0.15) is 30.0 Å². The lowest BCUT2D eigenvalue weighted by Gasteiger charge is -2.13. The summed E-state index contributed by atoms with van der Waals surface area (Å²) in [7, 11) is 3.04. The van der Waals surface area contributed by atoms with E-state index < -0.39 is 0 Å². The molecule has 0 aliphatic rings. The van der Waals surface area contributed by atoms with Crippen LogP contribution in [0.15, 0.2) is 79.3 Å². The Morgan fingerprint density at radius 3 is 2.55 bits per heavy atom. The monoisotopic (exact) mass is 532 g/mol. The van der Waals surface area contributed by atoms with Gasteiger partial charge in [0.15, 0.2) is 17.3 Å². The van der Waals surface area contributed by atoms with E-state index in [0.717, 1.165) is 0 Å². The van der Waals surface area contributed by atoms with Crippen LogP contribution in [0.2, 0.25) is 5.02 Å². The molecule has 0 radical (unpaired) electrons. The zero-order chi connectivity index (χ0) is 26.6. The molecule has 0 unspecified atom stereocenters. The lowest BCUT2D eigenvalue weighted by molar-refractivity contribution is 0.0964. The Hall–Kier alpha value is -4.63. The van der Waals surface area contributed by atoms with Crippen molar-refractivity contribution >= 4 is 40.0 Å². The van der Waals surface area contributed by atoms with Gasteiger partial charge < -0.3 is 19.5 Å². The Morgan fingerprint density at radius 1 is 0.974 bits per heavy atom. The summed E-state index contributed by atoms with van der Waals surface area (Å²) in [5.74, 6) is 1.20. The molecule has 38 heavy (non-hydrogen) atoms. The Balaban J connectivity index is 1.40. The second-order valence-corrected chi connectivity index (χ2v) is 8.61. The van der Waals surface area contributed by atoms with Crippen LogP contribution >= 0.6 is 11.6 Å². The van der Waals surface area contributed by atoms with Gasteiger partial charge in [0.05, 0.1) is 24.8 Å². The molecule has 0 saturated carbocycles. The van der Waals surface area contributed by atoms with Crippen molar-refractivity contribution in [3.05, 3.63) is 101 Å². The van der Waals surface area contributed by atoms with Crippen molar-refractivity contribution in [2.24, 2.45) is 0 Å². The van der Waals surface area contributed by atoms with Gasteiger partial charge in [-0.2, -0.15) is 0 Å². The highest BCUT2D eigenvalue weighted by atomic mass is 35.5. The average molecular weight is 533 g/mol. The van der Waals surface area contributed by atoms with Crippen LogP contribution < -0.4 is 19.5 Å². The SMILES string of the molecule is COc1ccc(C(=O)n2ccc3ncnc(Nc4ccc(OCc5cccc(F)c5)c(Cl)c4)c32)cc1OC. The molecule has 0 atom stereocenters. The number of anilines is 2. The molecule has 3 aromatic carbocycles. The molecular formula is C28H22ClFN4O4.